The third-order valence-corrected chi connectivity index (χ3v) is 3.35. The summed E-state index contributed by atoms with van der Waals surface area (Å²) in [5.74, 6) is -0.440. The molecule has 1 heterocycles. The molecular formula is C17H13FN2O4. The predicted octanol–water partition coefficient (Wildman–Crippen LogP) is 4.28. The number of nitro groups is 1. The van der Waals surface area contributed by atoms with Gasteiger partial charge in [0.2, 0.25) is 5.89 Å². The summed E-state index contributed by atoms with van der Waals surface area (Å²) in [7, 11) is 0. The average molecular weight is 328 g/mol. The molecule has 122 valence electrons. The molecule has 0 aliphatic rings. The molecule has 0 aliphatic carbocycles. The number of ether oxygens (including phenoxy) is 1. The van der Waals surface area contributed by atoms with E-state index in [1.54, 1.807) is 0 Å². The smallest absolute Gasteiger partial charge is 0.272 e. The minimum Gasteiger partial charge on any atom is -0.484 e. The van der Waals surface area contributed by atoms with Crippen LogP contribution in [0.1, 0.15) is 11.3 Å². The van der Waals surface area contributed by atoms with Crippen molar-refractivity contribution in [2.75, 3.05) is 0 Å². The summed E-state index contributed by atoms with van der Waals surface area (Å²) in [6, 6.07) is 10.9. The maximum atomic E-state index is 13.7. The Labute approximate surface area is 136 Å². The second-order valence-corrected chi connectivity index (χ2v) is 5.17. The molecule has 0 atom stereocenters. The SMILES string of the molecule is Cc1ccc(-c2nc(COc3ccc([N+](=O)[O-])cc3F)co2)cc1. The van der Waals surface area contributed by atoms with E-state index in [1.165, 1.54) is 18.4 Å². The summed E-state index contributed by atoms with van der Waals surface area (Å²) >= 11 is 0. The maximum Gasteiger partial charge on any atom is 0.272 e. The van der Waals surface area contributed by atoms with Crippen LogP contribution in [0.4, 0.5) is 10.1 Å². The quantitative estimate of drug-likeness (QED) is 0.516. The van der Waals surface area contributed by atoms with Crippen molar-refractivity contribution in [2.24, 2.45) is 0 Å². The number of rotatable bonds is 5. The fraction of sp³-hybridized carbons (Fsp3) is 0.118. The van der Waals surface area contributed by atoms with E-state index in [9.17, 15) is 14.5 Å². The van der Waals surface area contributed by atoms with Crippen LogP contribution in [0.2, 0.25) is 0 Å². The van der Waals surface area contributed by atoms with E-state index in [0.29, 0.717) is 11.6 Å². The van der Waals surface area contributed by atoms with Crippen molar-refractivity contribution in [2.45, 2.75) is 13.5 Å². The van der Waals surface area contributed by atoms with E-state index in [0.717, 1.165) is 17.2 Å². The van der Waals surface area contributed by atoms with Crippen LogP contribution in [0.5, 0.6) is 5.75 Å². The molecule has 0 saturated carbocycles. The molecule has 0 fully saturated rings. The number of nitrogens with zero attached hydrogens (tertiary/aromatic N) is 2. The standard InChI is InChI=1S/C17H13FN2O4/c1-11-2-4-12(5-3-11)17-19-13(10-24-17)9-23-16-7-6-14(20(21)22)8-15(16)18/h2-8,10H,9H2,1H3. The molecule has 0 radical (unpaired) electrons. The van der Waals surface area contributed by atoms with Gasteiger partial charge >= 0.3 is 0 Å². The normalized spacial score (nSPS) is 10.6. The van der Waals surface area contributed by atoms with Crippen LogP contribution >= 0.6 is 0 Å². The summed E-state index contributed by atoms with van der Waals surface area (Å²) in [5, 5.41) is 10.6. The van der Waals surface area contributed by atoms with Gasteiger partial charge in [0.15, 0.2) is 11.6 Å². The van der Waals surface area contributed by atoms with Gasteiger partial charge in [-0.1, -0.05) is 17.7 Å². The second-order valence-electron chi connectivity index (χ2n) is 5.17. The minimum atomic E-state index is -0.800. The molecular weight excluding hydrogens is 315 g/mol. The van der Waals surface area contributed by atoms with Gasteiger partial charge in [-0.05, 0) is 25.1 Å². The van der Waals surface area contributed by atoms with E-state index in [-0.39, 0.29) is 18.0 Å². The highest BCUT2D eigenvalue weighted by atomic mass is 19.1. The molecule has 0 spiro atoms. The molecule has 1 aromatic heterocycles. The van der Waals surface area contributed by atoms with Gasteiger partial charge in [0.25, 0.3) is 5.69 Å². The molecule has 0 amide bonds. The van der Waals surface area contributed by atoms with Crippen molar-refractivity contribution in [1.82, 2.24) is 4.98 Å². The van der Waals surface area contributed by atoms with E-state index in [2.05, 4.69) is 4.98 Å². The first-order chi connectivity index (χ1) is 11.5. The van der Waals surface area contributed by atoms with Crippen LogP contribution in [0.25, 0.3) is 11.5 Å². The lowest BCUT2D eigenvalue weighted by molar-refractivity contribution is -0.385. The summed E-state index contributed by atoms with van der Waals surface area (Å²) in [4.78, 5) is 14.2. The fourth-order valence-corrected chi connectivity index (χ4v) is 2.07. The molecule has 3 rings (SSSR count). The molecule has 0 aliphatic heterocycles. The minimum absolute atomic E-state index is 0.00983. The van der Waals surface area contributed by atoms with Gasteiger partial charge in [0.1, 0.15) is 18.6 Å². The fourth-order valence-electron chi connectivity index (χ4n) is 2.07. The van der Waals surface area contributed by atoms with Crippen LogP contribution in [0.15, 0.2) is 53.1 Å². The molecule has 3 aromatic rings. The molecule has 0 bridgehead atoms. The van der Waals surface area contributed by atoms with Crippen molar-refractivity contribution in [3.8, 4) is 17.2 Å². The van der Waals surface area contributed by atoms with Gasteiger partial charge < -0.3 is 9.15 Å². The first-order valence-electron chi connectivity index (χ1n) is 7.11. The van der Waals surface area contributed by atoms with Gasteiger partial charge in [-0.3, -0.25) is 10.1 Å². The Morgan fingerprint density at radius 3 is 2.67 bits per heavy atom. The van der Waals surface area contributed by atoms with E-state index in [1.807, 2.05) is 31.2 Å². The number of benzene rings is 2. The Hall–Kier alpha value is -3.22. The highest BCUT2D eigenvalue weighted by molar-refractivity contribution is 5.53. The lowest BCUT2D eigenvalue weighted by Gasteiger charge is -2.04. The topological polar surface area (TPSA) is 78.4 Å². The maximum absolute atomic E-state index is 13.7. The Balaban J connectivity index is 1.69. The zero-order valence-corrected chi connectivity index (χ0v) is 12.7. The Bertz CT molecular complexity index is 875. The number of nitro benzene ring substituents is 1. The van der Waals surface area contributed by atoms with Crippen molar-refractivity contribution in [3.63, 3.8) is 0 Å². The largest absolute Gasteiger partial charge is 0.484 e. The Morgan fingerprint density at radius 1 is 1.25 bits per heavy atom. The number of non-ortho nitro benzene ring substituents is 1. The lowest BCUT2D eigenvalue weighted by atomic mass is 10.1. The van der Waals surface area contributed by atoms with Gasteiger partial charge in [-0.15, -0.1) is 0 Å². The zero-order valence-electron chi connectivity index (χ0n) is 12.7. The van der Waals surface area contributed by atoms with Gasteiger partial charge in [0.05, 0.1) is 11.0 Å². The summed E-state index contributed by atoms with van der Waals surface area (Å²) in [6.45, 7) is 1.97. The van der Waals surface area contributed by atoms with Crippen molar-refractivity contribution < 1.29 is 18.5 Å². The predicted molar refractivity (Wildman–Crippen MR) is 84.1 cm³/mol. The highest BCUT2D eigenvalue weighted by Crippen LogP contribution is 2.24. The van der Waals surface area contributed by atoms with Crippen molar-refractivity contribution in [3.05, 3.63) is 75.9 Å². The van der Waals surface area contributed by atoms with Crippen LogP contribution in [0, 0.1) is 22.9 Å². The van der Waals surface area contributed by atoms with Crippen LogP contribution in [0.3, 0.4) is 0 Å². The average Bonchev–Trinajstić information content (AvgIpc) is 3.03. The van der Waals surface area contributed by atoms with Gasteiger partial charge in [-0.25, -0.2) is 9.37 Å². The van der Waals surface area contributed by atoms with Crippen LogP contribution in [-0.2, 0) is 6.61 Å². The van der Waals surface area contributed by atoms with Crippen LogP contribution in [-0.4, -0.2) is 9.91 Å². The number of hydrogen-bond donors (Lipinski definition) is 0. The molecule has 7 heteroatoms. The number of halogens is 1. The lowest BCUT2D eigenvalue weighted by Crippen LogP contribution is -1.98. The van der Waals surface area contributed by atoms with E-state index >= 15 is 0 Å². The highest BCUT2D eigenvalue weighted by Gasteiger charge is 2.13. The first kappa shape index (κ1) is 15.7. The van der Waals surface area contributed by atoms with Crippen molar-refractivity contribution in [1.29, 1.82) is 0 Å². The molecule has 6 nitrogen and oxygen atoms in total. The monoisotopic (exact) mass is 328 g/mol. The molecule has 0 saturated heterocycles. The summed E-state index contributed by atoms with van der Waals surface area (Å²) in [6.07, 6.45) is 1.43. The third-order valence-electron chi connectivity index (χ3n) is 3.35. The van der Waals surface area contributed by atoms with Gasteiger partial charge in [-0.2, -0.15) is 0 Å². The third kappa shape index (κ3) is 3.40. The van der Waals surface area contributed by atoms with Crippen molar-refractivity contribution >= 4 is 5.69 Å². The Morgan fingerprint density at radius 2 is 2.00 bits per heavy atom. The molecule has 0 unspecified atom stereocenters. The number of oxazole rings is 1. The number of hydrogen-bond acceptors (Lipinski definition) is 5. The molecule has 0 N–H and O–H groups in total. The number of aromatic nitrogens is 1. The van der Waals surface area contributed by atoms with E-state index in [4.69, 9.17) is 9.15 Å². The summed E-state index contributed by atoms with van der Waals surface area (Å²) < 4.78 is 24.4. The first-order valence-corrected chi connectivity index (χ1v) is 7.11. The van der Waals surface area contributed by atoms with E-state index < -0.39 is 10.7 Å². The summed E-state index contributed by atoms with van der Waals surface area (Å²) in [5.41, 5.74) is 2.11. The number of aryl methyl sites for hydroxylation is 1. The van der Waals surface area contributed by atoms with Crippen LogP contribution < -0.4 is 4.74 Å². The molecule has 2 aromatic carbocycles. The Kier molecular flexibility index (Phi) is 4.24. The van der Waals surface area contributed by atoms with Gasteiger partial charge in [0, 0.05) is 11.6 Å². The molecule has 24 heavy (non-hydrogen) atoms. The zero-order chi connectivity index (χ0) is 17.1. The second kappa shape index (κ2) is 6.49.